The van der Waals surface area contributed by atoms with Gasteiger partial charge in [-0.3, -0.25) is 10.2 Å². The number of benzene rings is 1. The maximum absolute atomic E-state index is 12.2. The minimum absolute atomic E-state index is 0.210. The van der Waals surface area contributed by atoms with Gasteiger partial charge in [0.15, 0.2) is 0 Å². The van der Waals surface area contributed by atoms with Gasteiger partial charge in [0.25, 0.3) is 0 Å². The van der Waals surface area contributed by atoms with Crippen molar-refractivity contribution < 1.29 is 14.3 Å². The molecule has 6 heteroatoms. The average Bonchev–Trinajstić information content (AvgIpc) is 3.18. The largest absolute Gasteiger partial charge is 0.449 e. The van der Waals surface area contributed by atoms with Crippen molar-refractivity contribution in [3.8, 4) is 0 Å². The number of hydrogen-bond donors (Lipinski definition) is 2. The van der Waals surface area contributed by atoms with Crippen molar-refractivity contribution in [1.82, 2.24) is 10.9 Å². The Bertz CT molecular complexity index is 500. The molecule has 0 spiro atoms. The molecule has 0 saturated heterocycles. The fourth-order valence-corrected chi connectivity index (χ4v) is 2.35. The molecular formula is C13H15BrN2O3. The lowest BCUT2D eigenvalue weighted by atomic mass is 9.95. The van der Waals surface area contributed by atoms with Crippen molar-refractivity contribution in [2.24, 2.45) is 0 Å². The number of carbonyl (C=O) groups excluding carboxylic acids is 2. The highest BCUT2D eigenvalue weighted by molar-refractivity contribution is 9.10. The molecule has 1 aliphatic rings. The molecule has 1 fully saturated rings. The van der Waals surface area contributed by atoms with Gasteiger partial charge >= 0.3 is 6.09 Å². The van der Waals surface area contributed by atoms with Gasteiger partial charge in [-0.2, -0.15) is 0 Å². The Morgan fingerprint density at radius 2 is 2.11 bits per heavy atom. The fraction of sp³-hybridized carbons (Fsp3) is 0.385. The normalized spacial score (nSPS) is 15.5. The Balaban J connectivity index is 2.01. The lowest BCUT2D eigenvalue weighted by Gasteiger charge is -2.16. The van der Waals surface area contributed by atoms with Crippen LogP contribution in [0, 0.1) is 0 Å². The molecule has 0 bridgehead atoms. The van der Waals surface area contributed by atoms with Crippen molar-refractivity contribution in [3.63, 3.8) is 0 Å². The van der Waals surface area contributed by atoms with E-state index in [9.17, 15) is 9.59 Å². The molecule has 0 unspecified atom stereocenters. The molecule has 1 aromatic carbocycles. The van der Waals surface area contributed by atoms with Crippen molar-refractivity contribution >= 4 is 27.9 Å². The van der Waals surface area contributed by atoms with E-state index < -0.39 is 11.5 Å². The van der Waals surface area contributed by atoms with Crippen LogP contribution in [0.5, 0.6) is 0 Å². The molecule has 1 aromatic rings. The fourth-order valence-electron chi connectivity index (χ4n) is 1.95. The van der Waals surface area contributed by atoms with E-state index in [-0.39, 0.29) is 12.5 Å². The SMILES string of the molecule is CCOC(=O)NNC(=O)C1(c2cccc(Br)c2)CC1. The molecule has 1 saturated carbocycles. The summed E-state index contributed by atoms with van der Waals surface area (Å²) in [6, 6.07) is 7.65. The molecule has 0 heterocycles. The van der Waals surface area contributed by atoms with Gasteiger partial charge in [-0.25, -0.2) is 10.2 Å². The Morgan fingerprint density at radius 1 is 1.37 bits per heavy atom. The van der Waals surface area contributed by atoms with Gasteiger partial charge in [0.1, 0.15) is 0 Å². The van der Waals surface area contributed by atoms with Gasteiger partial charge in [-0.15, -0.1) is 0 Å². The number of hydrazine groups is 1. The summed E-state index contributed by atoms with van der Waals surface area (Å²) in [6.45, 7) is 1.96. The Kier molecular flexibility index (Phi) is 4.09. The summed E-state index contributed by atoms with van der Waals surface area (Å²) < 4.78 is 5.61. The van der Waals surface area contributed by atoms with Crippen LogP contribution < -0.4 is 10.9 Å². The van der Waals surface area contributed by atoms with Crippen LogP contribution >= 0.6 is 15.9 Å². The first-order valence-electron chi connectivity index (χ1n) is 6.08. The maximum Gasteiger partial charge on any atom is 0.426 e. The van der Waals surface area contributed by atoms with E-state index in [2.05, 4.69) is 31.5 Å². The highest BCUT2D eigenvalue weighted by Crippen LogP contribution is 2.48. The van der Waals surface area contributed by atoms with Crippen molar-refractivity contribution in [3.05, 3.63) is 34.3 Å². The Hall–Kier alpha value is -1.56. The predicted octanol–water partition coefficient (Wildman–Crippen LogP) is 2.26. The monoisotopic (exact) mass is 326 g/mol. The molecular weight excluding hydrogens is 312 g/mol. The summed E-state index contributed by atoms with van der Waals surface area (Å²) in [5, 5.41) is 0. The van der Waals surface area contributed by atoms with Crippen LogP contribution in [0.2, 0.25) is 0 Å². The van der Waals surface area contributed by atoms with E-state index in [1.807, 2.05) is 24.3 Å². The number of halogens is 1. The second kappa shape index (κ2) is 5.61. The van der Waals surface area contributed by atoms with Gasteiger partial charge in [-0.05, 0) is 37.5 Å². The molecule has 0 atom stereocenters. The zero-order chi connectivity index (χ0) is 13.9. The van der Waals surface area contributed by atoms with Crippen LogP contribution in [0.1, 0.15) is 25.3 Å². The second-order valence-electron chi connectivity index (χ2n) is 4.39. The first kappa shape index (κ1) is 13.9. The number of carbonyl (C=O) groups is 2. The molecule has 0 aliphatic heterocycles. The lowest BCUT2D eigenvalue weighted by molar-refractivity contribution is -0.124. The quantitative estimate of drug-likeness (QED) is 0.837. The average molecular weight is 327 g/mol. The zero-order valence-corrected chi connectivity index (χ0v) is 12.1. The molecule has 102 valence electrons. The maximum atomic E-state index is 12.2. The summed E-state index contributed by atoms with van der Waals surface area (Å²) in [7, 11) is 0. The van der Waals surface area contributed by atoms with E-state index >= 15 is 0 Å². The molecule has 2 N–H and O–H groups in total. The topological polar surface area (TPSA) is 67.4 Å². The molecule has 0 aromatic heterocycles. The van der Waals surface area contributed by atoms with E-state index in [1.54, 1.807) is 6.92 Å². The zero-order valence-electron chi connectivity index (χ0n) is 10.5. The summed E-state index contributed by atoms with van der Waals surface area (Å²) in [5.74, 6) is -0.210. The summed E-state index contributed by atoms with van der Waals surface area (Å²) in [4.78, 5) is 23.3. The highest BCUT2D eigenvalue weighted by atomic mass is 79.9. The van der Waals surface area contributed by atoms with E-state index in [4.69, 9.17) is 0 Å². The standard InChI is InChI=1S/C13H15BrN2O3/c1-2-19-12(18)16-15-11(17)13(6-7-13)9-4-3-5-10(14)8-9/h3-5,8H,2,6-7H2,1H3,(H,15,17)(H,16,18). The number of hydrogen-bond acceptors (Lipinski definition) is 3. The number of ether oxygens (including phenoxy) is 1. The predicted molar refractivity (Wildman–Crippen MR) is 73.4 cm³/mol. The van der Waals surface area contributed by atoms with Crippen molar-refractivity contribution in [1.29, 1.82) is 0 Å². The van der Waals surface area contributed by atoms with Gasteiger partial charge in [-0.1, -0.05) is 28.1 Å². The van der Waals surface area contributed by atoms with Crippen LogP contribution in [0.15, 0.2) is 28.7 Å². The van der Waals surface area contributed by atoms with Gasteiger partial charge in [0.05, 0.1) is 12.0 Å². The van der Waals surface area contributed by atoms with Gasteiger partial charge in [0.2, 0.25) is 5.91 Å². The van der Waals surface area contributed by atoms with Crippen LogP contribution in [0.3, 0.4) is 0 Å². The Labute approximate surface area is 119 Å². The molecule has 5 nitrogen and oxygen atoms in total. The minimum atomic E-state index is -0.652. The van der Waals surface area contributed by atoms with E-state index in [0.717, 1.165) is 22.9 Å². The van der Waals surface area contributed by atoms with Crippen LogP contribution in [0.25, 0.3) is 0 Å². The molecule has 1 aliphatic carbocycles. The molecule has 19 heavy (non-hydrogen) atoms. The van der Waals surface area contributed by atoms with Crippen LogP contribution in [0.4, 0.5) is 4.79 Å². The van der Waals surface area contributed by atoms with E-state index in [1.165, 1.54) is 0 Å². The Morgan fingerprint density at radius 3 is 2.68 bits per heavy atom. The summed E-state index contributed by atoms with van der Waals surface area (Å²) >= 11 is 3.39. The number of amides is 2. The van der Waals surface area contributed by atoms with Crippen LogP contribution in [-0.4, -0.2) is 18.6 Å². The van der Waals surface area contributed by atoms with Gasteiger partial charge in [0, 0.05) is 4.47 Å². The third-order valence-electron chi connectivity index (χ3n) is 3.12. The smallest absolute Gasteiger partial charge is 0.426 e. The van der Waals surface area contributed by atoms with Gasteiger partial charge < -0.3 is 4.74 Å². The van der Waals surface area contributed by atoms with Crippen molar-refractivity contribution in [2.45, 2.75) is 25.2 Å². The molecule has 0 radical (unpaired) electrons. The number of rotatable bonds is 3. The lowest BCUT2D eigenvalue weighted by Crippen LogP contribution is -2.46. The minimum Gasteiger partial charge on any atom is -0.449 e. The molecule has 2 rings (SSSR count). The van der Waals surface area contributed by atoms with E-state index in [0.29, 0.717) is 0 Å². The third kappa shape index (κ3) is 3.07. The first-order valence-corrected chi connectivity index (χ1v) is 6.87. The highest BCUT2D eigenvalue weighted by Gasteiger charge is 2.51. The first-order chi connectivity index (χ1) is 9.08. The third-order valence-corrected chi connectivity index (χ3v) is 3.61. The summed E-state index contributed by atoms with van der Waals surface area (Å²) in [5.41, 5.74) is 5.08. The number of nitrogens with one attached hydrogen (secondary N) is 2. The summed E-state index contributed by atoms with van der Waals surface area (Å²) in [6.07, 6.45) is 0.903. The van der Waals surface area contributed by atoms with Crippen LogP contribution in [-0.2, 0) is 14.9 Å². The molecule has 2 amide bonds. The second-order valence-corrected chi connectivity index (χ2v) is 5.31. The van der Waals surface area contributed by atoms with Crippen molar-refractivity contribution in [2.75, 3.05) is 6.61 Å².